The van der Waals surface area contributed by atoms with Gasteiger partial charge in [-0.2, -0.15) is 0 Å². The van der Waals surface area contributed by atoms with Crippen LogP contribution in [0.25, 0.3) is 0 Å². The minimum absolute atomic E-state index is 0.00819. The van der Waals surface area contributed by atoms with Crippen molar-refractivity contribution in [2.45, 2.75) is 38.7 Å². The lowest BCUT2D eigenvalue weighted by atomic mass is 9.58. The van der Waals surface area contributed by atoms with Gasteiger partial charge in [-0.1, -0.05) is 12.2 Å². The van der Waals surface area contributed by atoms with E-state index in [9.17, 15) is 10.2 Å². The molecule has 2 nitrogen and oxygen atoms in total. The maximum Gasteiger partial charge on any atom is 0.0524 e. The summed E-state index contributed by atoms with van der Waals surface area (Å²) in [7, 11) is 0. The third-order valence-corrected chi connectivity index (χ3v) is 4.00. The summed E-state index contributed by atoms with van der Waals surface area (Å²) in [6.45, 7) is 2.09. The largest absolute Gasteiger partial charge is 0.395 e. The van der Waals surface area contributed by atoms with E-state index in [0.717, 1.165) is 19.3 Å². The Balaban J connectivity index is 2.14. The highest BCUT2D eigenvalue weighted by Crippen LogP contribution is 2.50. The molecule has 0 aliphatic heterocycles. The predicted molar refractivity (Wildman–Crippen MR) is 55.8 cm³/mol. The van der Waals surface area contributed by atoms with Crippen molar-refractivity contribution in [3.05, 3.63) is 12.2 Å². The molecule has 0 saturated heterocycles. The molecule has 0 heterocycles. The van der Waals surface area contributed by atoms with Crippen LogP contribution in [0.15, 0.2) is 12.2 Å². The predicted octanol–water partition coefficient (Wildman–Crippen LogP) is 1.72. The molecule has 1 fully saturated rings. The van der Waals surface area contributed by atoms with Gasteiger partial charge in [-0.05, 0) is 44.4 Å². The Bertz CT molecular complexity index is 234. The first-order valence-electron chi connectivity index (χ1n) is 5.64. The van der Waals surface area contributed by atoms with Crippen molar-refractivity contribution in [3.63, 3.8) is 0 Å². The van der Waals surface area contributed by atoms with Gasteiger partial charge >= 0.3 is 0 Å². The Morgan fingerprint density at radius 2 is 2.36 bits per heavy atom. The summed E-state index contributed by atoms with van der Waals surface area (Å²) in [6, 6.07) is 0. The van der Waals surface area contributed by atoms with Crippen molar-refractivity contribution in [1.82, 2.24) is 0 Å². The van der Waals surface area contributed by atoms with E-state index in [0.29, 0.717) is 11.8 Å². The van der Waals surface area contributed by atoms with Crippen molar-refractivity contribution in [1.29, 1.82) is 0 Å². The van der Waals surface area contributed by atoms with Gasteiger partial charge in [0.05, 0.1) is 12.7 Å². The summed E-state index contributed by atoms with van der Waals surface area (Å²) in [4.78, 5) is 0. The number of hydrogen-bond acceptors (Lipinski definition) is 2. The molecule has 0 aromatic heterocycles. The van der Waals surface area contributed by atoms with Gasteiger partial charge in [0.1, 0.15) is 0 Å². The van der Waals surface area contributed by atoms with Crippen LogP contribution in [0.3, 0.4) is 0 Å². The molecule has 0 aromatic carbocycles. The standard InChI is InChI=1S/C12H20O2/c1-9(14)6-11-7-10-2-4-12(11,8-13)5-3-10/h2,4,9-11,13-14H,3,5-8H2,1H3/t9?,10-,11-,12+/m1/s1. The number of aliphatic hydroxyl groups excluding tert-OH is 2. The number of rotatable bonds is 3. The van der Waals surface area contributed by atoms with Crippen molar-refractivity contribution in [3.8, 4) is 0 Å². The fraction of sp³-hybridized carbons (Fsp3) is 0.833. The van der Waals surface area contributed by atoms with Crippen molar-refractivity contribution >= 4 is 0 Å². The van der Waals surface area contributed by atoms with E-state index in [1.54, 1.807) is 0 Å². The molecule has 0 spiro atoms. The fourth-order valence-electron chi connectivity index (χ4n) is 3.10. The molecule has 0 radical (unpaired) electrons. The van der Waals surface area contributed by atoms with Crippen LogP contribution in [0, 0.1) is 17.3 Å². The van der Waals surface area contributed by atoms with E-state index in [4.69, 9.17) is 0 Å². The molecule has 0 amide bonds. The average Bonchev–Trinajstić information content (AvgIpc) is 2.19. The van der Waals surface area contributed by atoms with Gasteiger partial charge in [0.2, 0.25) is 0 Å². The second kappa shape index (κ2) is 3.67. The van der Waals surface area contributed by atoms with E-state index in [1.165, 1.54) is 6.42 Å². The van der Waals surface area contributed by atoms with E-state index < -0.39 is 0 Å². The molecular formula is C12H20O2. The van der Waals surface area contributed by atoms with Crippen LogP contribution in [0.4, 0.5) is 0 Å². The minimum atomic E-state index is -0.240. The second-order valence-electron chi connectivity index (χ2n) is 5.07. The SMILES string of the molecule is CC(O)C[C@@H]1C[C@@H]2C=C[C@@]1(CO)CC2. The van der Waals surface area contributed by atoms with Crippen LogP contribution >= 0.6 is 0 Å². The van der Waals surface area contributed by atoms with Crippen LogP contribution in [0.2, 0.25) is 0 Å². The number of aliphatic hydroxyl groups is 2. The molecule has 2 N–H and O–H groups in total. The normalized spacial score (nSPS) is 42.8. The molecule has 3 aliphatic rings. The fourth-order valence-corrected chi connectivity index (χ4v) is 3.10. The summed E-state index contributed by atoms with van der Waals surface area (Å²) in [6.07, 6.45) is 8.53. The maximum atomic E-state index is 9.52. The van der Waals surface area contributed by atoms with E-state index in [2.05, 4.69) is 12.2 Å². The van der Waals surface area contributed by atoms with Gasteiger partial charge in [-0.15, -0.1) is 0 Å². The number of fused-ring (bicyclic) bond motifs is 2. The zero-order chi connectivity index (χ0) is 10.2. The molecule has 2 bridgehead atoms. The summed E-state index contributed by atoms with van der Waals surface area (Å²) in [5, 5.41) is 19.0. The Kier molecular flexibility index (Phi) is 2.67. The van der Waals surface area contributed by atoms with E-state index in [1.807, 2.05) is 6.92 Å². The lowest BCUT2D eigenvalue weighted by molar-refractivity contribution is 0.0128. The third kappa shape index (κ3) is 1.61. The second-order valence-corrected chi connectivity index (χ2v) is 5.07. The highest BCUT2D eigenvalue weighted by atomic mass is 16.3. The lowest BCUT2D eigenvalue weighted by Gasteiger charge is -2.48. The molecule has 2 heteroatoms. The summed E-state index contributed by atoms with van der Waals surface area (Å²) in [5.74, 6) is 1.18. The van der Waals surface area contributed by atoms with Crippen molar-refractivity contribution < 1.29 is 10.2 Å². The minimum Gasteiger partial charge on any atom is -0.395 e. The zero-order valence-corrected chi connectivity index (χ0v) is 8.82. The van der Waals surface area contributed by atoms with Gasteiger partial charge in [-0.25, -0.2) is 0 Å². The highest BCUT2D eigenvalue weighted by Gasteiger charge is 2.44. The Morgan fingerprint density at radius 1 is 1.57 bits per heavy atom. The molecule has 3 aliphatic carbocycles. The van der Waals surface area contributed by atoms with E-state index >= 15 is 0 Å². The Labute approximate surface area is 85.6 Å². The first-order valence-corrected chi connectivity index (χ1v) is 5.64. The zero-order valence-electron chi connectivity index (χ0n) is 8.82. The maximum absolute atomic E-state index is 9.52. The first-order chi connectivity index (χ1) is 6.66. The monoisotopic (exact) mass is 196 g/mol. The average molecular weight is 196 g/mol. The van der Waals surface area contributed by atoms with Gasteiger partial charge in [0.25, 0.3) is 0 Å². The molecule has 4 atom stereocenters. The summed E-state index contributed by atoms with van der Waals surface area (Å²) in [5.41, 5.74) is -0.00819. The molecular weight excluding hydrogens is 176 g/mol. The molecule has 3 rings (SSSR count). The van der Waals surface area contributed by atoms with Crippen LogP contribution in [-0.4, -0.2) is 22.9 Å². The van der Waals surface area contributed by atoms with Gasteiger partial charge in [0, 0.05) is 5.41 Å². The van der Waals surface area contributed by atoms with Crippen LogP contribution in [0.1, 0.15) is 32.6 Å². The van der Waals surface area contributed by atoms with Crippen molar-refractivity contribution in [2.24, 2.45) is 17.3 Å². The quantitative estimate of drug-likeness (QED) is 0.675. The highest BCUT2D eigenvalue weighted by molar-refractivity contribution is 5.14. The third-order valence-electron chi connectivity index (χ3n) is 4.00. The Morgan fingerprint density at radius 3 is 2.86 bits per heavy atom. The van der Waals surface area contributed by atoms with Crippen LogP contribution in [-0.2, 0) is 0 Å². The van der Waals surface area contributed by atoms with Crippen LogP contribution in [0.5, 0.6) is 0 Å². The molecule has 1 unspecified atom stereocenters. The van der Waals surface area contributed by atoms with Gasteiger partial charge in [-0.3, -0.25) is 0 Å². The van der Waals surface area contributed by atoms with E-state index in [-0.39, 0.29) is 18.1 Å². The van der Waals surface area contributed by atoms with Crippen molar-refractivity contribution in [2.75, 3.05) is 6.61 Å². The number of allylic oxidation sites excluding steroid dienone is 1. The topological polar surface area (TPSA) is 40.5 Å². The molecule has 80 valence electrons. The van der Waals surface area contributed by atoms with Gasteiger partial charge in [0.15, 0.2) is 0 Å². The molecule has 1 saturated carbocycles. The first kappa shape index (κ1) is 10.2. The summed E-state index contributed by atoms with van der Waals surface area (Å²) < 4.78 is 0. The van der Waals surface area contributed by atoms with Gasteiger partial charge < -0.3 is 10.2 Å². The molecule has 14 heavy (non-hydrogen) atoms. The Hall–Kier alpha value is -0.340. The summed E-state index contributed by atoms with van der Waals surface area (Å²) >= 11 is 0. The number of hydrogen-bond donors (Lipinski definition) is 2. The smallest absolute Gasteiger partial charge is 0.0524 e. The molecule has 0 aromatic rings. The lowest BCUT2D eigenvalue weighted by Crippen LogP contribution is -2.42. The van der Waals surface area contributed by atoms with Crippen LogP contribution < -0.4 is 0 Å².